The number of benzene rings is 1. The van der Waals surface area contributed by atoms with Crippen molar-refractivity contribution in [3.05, 3.63) is 64.4 Å². The van der Waals surface area contributed by atoms with Crippen molar-refractivity contribution in [1.29, 1.82) is 0 Å². The van der Waals surface area contributed by atoms with Crippen molar-refractivity contribution in [2.24, 2.45) is 5.10 Å². The smallest absolute Gasteiger partial charge is 0.267 e. The summed E-state index contributed by atoms with van der Waals surface area (Å²) in [6.45, 7) is 0. The Labute approximate surface area is 113 Å². The van der Waals surface area contributed by atoms with E-state index >= 15 is 0 Å². The van der Waals surface area contributed by atoms with Crippen LogP contribution in [0.1, 0.15) is 15.9 Å². The number of pyridine rings is 1. The Morgan fingerprint density at radius 2 is 2.06 bits per heavy atom. The molecule has 0 fully saturated rings. The van der Waals surface area contributed by atoms with Crippen LogP contribution in [0.25, 0.3) is 0 Å². The van der Waals surface area contributed by atoms with E-state index in [-0.39, 0.29) is 5.91 Å². The lowest BCUT2D eigenvalue weighted by atomic mass is 10.2. The summed E-state index contributed by atoms with van der Waals surface area (Å²) in [5.41, 5.74) is 3.82. The zero-order chi connectivity index (χ0) is 12.8. The third-order valence-electron chi connectivity index (χ3n) is 2.15. The third kappa shape index (κ3) is 3.49. The summed E-state index contributed by atoms with van der Waals surface area (Å²) in [4.78, 5) is 15.6. The van der Waals surface area contributed by atoms with E-state index in [0.717, 1.165) is 10.0 Å². The van der Waals surface area contributed by atoms with Crippen molar-refractivity contribution in [3.63, 3.8) is 0 Å². The van der Waals surface area contributed by atoms with Crippen LogP contribution in [0.3, 0.4) is 0 Å². The van der Waals surface area contributed by atoms with Gasteiger partial charge in [0.15, 0.2) is 0 Å². The van der Waals surface area contributed by atoms with Crippen LogP contribution in [0.2, 0.25) is 0 Å². The van der Waals surface area contributed by atoms with Crippen LogP contribution in [0.5, 0.6) is 0 Å². The van der Waals surface area contributed by atoms with Crippen molar-refractivity contribution >= 4 is 28.1 Å². The Morgan fingerprint density at radius 3 is 2.78 bits per heavy atom. The van der Waals surface area contributed by atoms with Crippen molar-refractivity contribution in [3.8, 4) is 0 Å². The topological polar surface area (TPSA) is 54.4 Å². The molecule has 2 aromatic rings. The van der Waals surface area contributed by atoms with Crippen molar-refractivity contribution in [2.45, 2.75) is 0 Å². The van der Waals surface area contributed by atoms with E-state index < -0.39 is 0 Å². The lowest BCUT2D eigenvalue weighted by Crippen LogP contribution is -2.17. The molecule has 0 bridgehead atoms. The molecule has 0 aliphatic carbocycles. The maximum absolute atomic E-state index is 11.7. The molecule has 5 heteroatoms. The SMILES string of the molecule is O=C(N/N=C\c1ccccc1)c1cncc(Br)c1. The monoisotopic (exact) mass is 303 g/mol. The molecule has 1 heterocycles. The van der Waals surface area contributed by atoms with Crippen LogP contribution in [0.15, 0.2) is 58.4 Å². The summed E-state index contributed by atoms with van der Waals surface area (Å²) < 4.78 is 0.752. The lowest BCUT2D eigenvalue weighted by molar-refractivity contribution is 0.0954. The summed E-state index contributed by atoms with van der Waals surface area (Å²) in [7, 11) is 0. The van der Waals surface area contributed by atoms with Crippen LogP contribution >= 0.6 is 15.9 Å². The molecule has 18 heavy (non-hydrogen) atoms. The number of amides is 1. The van der Waals surface area contributed by atoms with Crippen LogP contribution in [0, 0.1) is 0 Å². The minimum atomic E-state index is -0.295. The number of carbonyl (C=O) groups excluding carboxylic acids is 1. The zero-order valence-electron chi connectivity index (χ0n) is 9.38. The summed E-state index contributed by atoms with van der Waals surface area (Å²) in [6.07, 6.45) is 4.69. The molecule has 1 aromatic carbocycles. The highest BCUT2D eigenvalue weighted by atomic mass is 79.9. The summed E-state index contributed by atoms with van der Waals surface area (Å²) in [6, 6.07) is 11.2. The molecule has 4 nitrogen and oxygen atoms in total. The van der Waals surface area contributed by atoms with Gasteiger partial charge in [-0.2, -0.15) is 5.10 Å². The van der Waals surface area contributed by atoms with Gasteiger partial charge in [-0.25, -0.2) is 5.43 Å². The van der Waals surface area contributed by atoms with Gasteiger partial charge in [0.2, 0.25) is 0 Å². The number of hydrazone groups is 1. The average molecular weight is 304 g/mol. The fourth-order valence-corrected chi connectivity index (χ4v) is 1.67. The van der Waals surface area contributed by atoms with Gasteiger partial charge < -0.3 is 0 Å². The van der Waals surface area contributed by atoms with E-state index in [1.165, 1.54) is 6.20 Å². The lowest BCUT2D eigenvalue weighted by Gasteiger charge is -1.99. The summed E-state index contributed by atoms with van der Waals surface area (Å²) in [5, 5.41) is 3.88. The highest BCUT2D eigenvalue weighted by Gasteiger charge is 2.04. The van der Waals surface area contributed by atoms with Gasteiger partial charge in [-0.3, -0.25) is 9.78 Å². The Hall–Kier alpha value is -2.01. The standard InChI is InChI=1S/C13H10BrN3O/c14-12-6-11(8-15-9-12)13(18)17-16-7-10-4-2-1-3-5-10/h1-9H,(H,17,18)/b16-7-. The summed E-state index contributed by atoms with van der Waals surface area (Å²) >= 11 is 3.25. The van der Waals surface area contributed by atoms with E-state index in [9.17, 15) is 4.79 Å². The average Bonchev–Trinajstić information content (AvgIpc) is 2.40. The molecule has 0 spiro atoms. The van der Waals surface area contributed by atoms with E-state index in [1.54, 1.807) is 18.5 Å². The first-order valence-corrected chi connectivity index (χ1v) is 6.04. The molecule has 0 saturated heterocycles. The van der Waals surface area contributed by atoms with Crippen molar-refractivity contribution in [2.75, 3.05) is 0 Å². The minimum Gasteiger partial charge on any atom is -0.267 e. The largest absolute Gasteiger partial charge is 0.272 e. The van der Waals surface area contributed by atoms with Crippen molar-refractivity contribution < 1.29 is 4.79 Å². The first kappa shape index (κ1) is 12.4. The molecule has 0 aliphatic heterocycles. The van der Waals surface area contributed by atoms with Gasteiger partial charge in [0, 0.05) is 16.9 Å². The van der Waals surface area contributed by atoms with E-state index in [4.69, 9.17) is 0 Å². The first-order valence-electron chi connectivity index (χ1n) is 5.25. The number of nitrogens with one attached hydrogen (secondary N) is 1. The minimum absolute atomic E-state index is 0.295. The molecular formula is C13H10BrN3O. The number of nitrogens with zero attached hydrogens (tertiary/aromatic N) is 2. The number of halogens is 1. The maximum Gasteiger partial charge on any atom is 0.272 e. The second-order valence-electron chi connectivity index (χ2n) is 3.50. The number of carbonyl (C=O) groups is 1. The first-order chi connectivity index (χ1) is 8.75. The fourth-order valence-electron chi connectivity index (χ4n) is 1.31. The van der Waals surface area contributed by atoms with E-state index in [2.05, 4.69) is 31.4 Å². The molecule has 0 saturated carbocycles. The fraction of sp³-hybridized carbons (Fsp3) is 0. The highest BCUT2D eigenvalue weighted by molar-refractivity contribution is 9.10. The zero-order valence-corrected chi connectivity index (χ0v) is 11.0. The van der Waals surface area contributed by atoms with E-state index in [1.807, 2.05) is 30.3 Å². The second kappa shape index (κ2) is 6.07. The van der Waals surface area contributed by atoms with Gasteiger partial charge in [0.05, 0.1) is 11.8 Å². The van der Waals surface area contributed by atoms with Crippen LogP contribution in [-0.4, -0.2) is 17.1 Å². The number of hydrogen-bond donors (Lipinski definition) is 1. The molecule has 0 radical (unpaired) electrons. The Kier molecular flexibility index (Phi) is 4.20. The molecule has 1 amide bonds. The van der Waals surface area contributed by atoms with Gasteiger partial charge in [0.1, 0.15) is 0 Å². The number of aromatic nitrogens is 1. The molecule has 0 unspecified atom stereocenters. The van der Waals surface area contributed by atoms with Gasteiger partial charge in [-0.05, 0) is 27.6 Å². The van der Waals surface area contributed by atoms with Crippen molar-refractivity contribution in [1.82, 2.24) is 10.4 Å². The normalized spacial score (nSPS) is 10.5. The Balaban J connectivity index is 1.99. The van der Waals surface area contributed by atoms with Crippen LogP contribution in [-0.2, 0) is 0 Å². The Morgan fingerprint density at radius 1 is 1.28 bits per heavy atom. The molecule has 1 aromatic heterocycles. The molecule has 0 aliphatic rings. The molecule has 0 atom stereocenters. The van der Waals surface area contributed by atoms with Crippen LogP contribution in [0.4, 0.5) is 0 Å². The second-order valence-corrected chi connectivity index (χ2v) is 4.42. The number of rotatable bonds is 3. The van der Waals surface area contributed by atoms with Gasteiger partial charge >= 0.3 is 0 Å². The van der Waals surface area contributed by atoms with Gasteiger partial charge in [-0.1, -0.05) is 30.3 Å². The predicted molar refractivity (Wildman–Crippen MR) is 73.4 cm³/mol. The van der Waals surface area contributed by atoms with Gasteiger partial charge in [-0.15, -0.1) is 0 Å². The molecule has 2 rings (SSSR count). The number of hydrogen-bond acceptors (Lipinski definition) is 3. The van der Waals surface area contributed by atoms with E-state index in [0.29, 0.717) is 5.56 Å². The van der Waals surface area contributed by atoms with Crippen LogP contribution < -0.4 is 5.43 Å². The quantitative estimate of drug-likeness (QED) is 0.700. The maximum atomic E-state index is 11.7. The Bertz CT molecular complexity index is 569. The molecular weight excluding hydrogens is 294 g/mol. The van der Waals surface area contributed by atoms with Gasteiger partial charge in [0.25, 0.3) is 5.91 Å². The third-order valence-corrected chi connectivity index (χ3v) is 2.58. The summed E-state index contributed by atoms with van der Waals surface area (Å²) in [5.74, 6) is -0.295. The molecule has 90 valence electrons. The molecule has 1 N–H and O–H groups in total. The highest BCUT2D eigenvalue weighted by Crippen LogP contribution is 2.09. The predicted octanol–water partition coefficient (Wildman–Crippen LogP) is 2.61.